The van der Waals surface area contributed by atoms with E-state index in [-0.39, 0.29) is 12.6 Å². The molecule has 0 bridgehead atoms. The quantitative estimate of drug-likeness (QED) is 0.560. The molecule has 0 N–H and O–H groups in total. The smallest absolute Gasteiger partial charge is 0.363 e. The van der Waals surface area contributed by atoms with Gasteiger partial charge in [-0.1, -0.05) is 0 Å². The van der Waals surface area contributed by atoms with Gasteiger partial charge in [-0.15, -0.1) is 0 Å². The van der Waals surface area contributed by atoms with E-state index in [1.165, 1.54) is 0 Å². The van der Waals surface area contributed by atoms with Crippen LogP contribution in [0.25, 0.3) is 0 Å². The Morgan fingerprint density at radius 3 is 2.33 bits per heavy atom. The van der Waals surface area contributed by atoms with E-state index < -0.39 is 12.3 Å². The molecule has 72 valence electrons. The molecule has 0 spiro atoms. The van der Waals surface area contributed by atoms with Crippen molar-refractivity contribution in [1.82, 2.24) is 4.90 Å². The summed E-state index contributed by atoms with van der Waals surface area (Å²) in [6, 6.07) is 0. The minimum atomic E-state index is -4.23. The summed E-state index contributed by atoms with van der Waals surface area (Å²) in [5.74, 6) is 0. The van der Waals surface area contributed by atoms with Crippen LogP contribution in [0.2, 0.25) is 0 Å². The predicted molar refractivity (Wildman–Crippen MR) is 37.9 cm³/mol. The lowest BCUT2D eigenvalue weighted by atomic mass is 10.2. The fourth-order valence-corrected chi connectivity index (χ4v) is 1.34. The molecule has 12 heavy (non-hydrogen) atoms. The summed E-state index contributed by atoms with van der Waals surface area (Å²) < 4.78 is 41.2. The van der Waals surface area contributed by atoms with Crippen molar-refractivity contribution in [3.8, 4) is 0 Å². The highest BCUT2D eigenvalue weighted by atomic mass is 19.4. The molecule has 1 aliphatic rings. The van der Waals surface area contributed by atoms with Crippen LogP contribution >= 0.6 is 0 Å². The number of alkyl halides is 3. The number of hydrogen-bond donors (Lipinski definition) is 0. The molecular formula is C7H12F3NO. The second kappa shape index (κ2) is 3.22. The van der Waals surface area contributed by atoms with Gasteiger partial charge in [0.15, 0.2) is 6.10 Å². The maximum atomic E-state index is 12.1. The van der Waals surface area contributed by atoms with Gasteiger partial charge in [-0.3, -0.25) is 0 Å². The summed E-state index contributed by atoms with van der Waals surface area (Å²) in [6.45, 7) is 2.15. The summed E-state index contributed by atoms with van der Waals surface area (Å²) in [4.78, 5) is 1.63. The highest BCUT2D eigenvalue weighted by Gasteiger charge is 2.44. The van der Waals surface area contributed by atoms with E-state index in [2.05, 4.69) is 0 Å². The van der Waals surface area contributed by atoms with Gasteiger partial charge in [0.2, 0.25) is 0 Å². The van der Waals surface area contributed by atoms with Crippen LogP contribution in [0.5, 0.6) is 0 Å². The molecule has 0 radical (unpaired) electrons. The summed E-state index contributed by atoms with van der Waals surface area (Å²) in [5, 5.41) is 0. The largest absolute Gasteiger partial charge is 0.415 e. The van der Waals surface area contributed by atoms with Crippen molar-refractivity contribution in [1.29, 1.82) is 0 Å². The van der Waals surface area contributed by atoms with Crippen molar-refractivity contribution in [3.05, 3.63) is 0 Å². The first-order valence-electron chi connectivity index (χ1n) is 3.80. The number of likely N-dealkylation sites (N-methyl/N-ethyl adjacent to an activating group) is 1. The van der Waals surface area contributed by atoms with Gasteiger partial charge >= 0.3 is 6.18 Å². The lowest BCUT2D eigenvalue weighted by Crippen LogP contribution is -2.50. The molecule has 0 unspecified atom stereocenters. The normalized spacial score (nSPS) is 33.8. The molecule has 0 aromatic rings. The predicted octanol–water partition coefficient (Wildman–Crippen LogP) is 1.27. The van der Waals surface area contributed by atoms with Crippen LogP contribution in [0.3, 0.4) is 0 Å². The van der Waals surface area contributed by atoms with Gasteiger partial charge in [-0.25, -0.2) is 0 Å². The monoisotopic (exact) mass is 183 g/mol. The summed E-state index contributed by atoms with van der Waals surface area (Å²) >= 11 is 0. The third kappa shape index (κ3) is 2.35. The molecule has 0 amide bonds. The minimum Gasteiger partial charge on any atom is -0.363 e. The van der Waals surface area contributed by atoms with E-state index in [0.29, 0.717) is 6.54 Å². The summed E-state index contributed by atoms with van der Waals surface area (Å²) in [6.07, 6.45) is -6.19. The average Bonchev–Trinajstić information content (AvgIpc) is 1.82. The zero-order valence-corrected chi connectivity index (χ0v) is 7.06. The van der Waals surface area contributed by atoms with Crippen molar-refractivity contribution >= 4 is 0 Å². The van der Waals surface area contributed by atoms with E-state index in [9.17, 15) is 13.2 Å². The Kier molecular flexibility index (Phi) is 2.63. The molecule has 0 aromatic carbocycles. The molecule has 5 heteroatoms. The highest BCUT2D eigenvalue weighted by Crippen LogP contribution is 2.26. The third-order valence-corrected chi connectivity index (χ3v) is 1.81. The van der Waals surface area contributed by atoms with E-state index in [1.54, 1.807) is 18.9 Å². The Morgan fingerprint density at radius 1 is 1.33 bits per heavy atom. The zero-order valence-electron chi connectivity index (χ0n) is 7.06. The van der Waals surface area contributed by atoms with Crippen molar-refractivity contribution in [3.63, 3.8) is 0 Å². The molecule has 1 saturated heterocycles. The van der Waals surface area contributed by atoms with Crippen LogP contribution in [-0.4, -0.2) is 43.4 Å². The minimum absolute atomic E-state index is 0.0617. The number of nitrogens with zero attached hydrogens (tertiary/aromatic N) is 1. The molecule has 1 heterocycles. The van der Waals surface area contributed by atoms with Crippen LogP contribution < -0.4 is 0 Å². The molecule has 1 aliphatic heterocycles. The van der Waals surface area contributed by atoms with Crippen molar-refractivity contribution in [2.45, 2.75) is 25.3 Å². The molecule has 2 atom stereocenters. The Hall–Kier alpha value is -0.290. The molecule has 1 rings (SSSR count). The standard InChI is InChI=1S/C7H12F3NO/c1-5-3-11(2)4-6(12-5)7(8,9)10/h5-6H,3-4H2,1-2H3/t5-,6+/m1/s1. The second-order valence-corrected chi connectivity index (χ2v) is 3.20. The van der Waals surface area contributed by atoms with Crippen molar-refractivity contribution in [2.75, 3.05) is 20.1 Å². The van der Waals surface area contributed by atoms with Crippen LogP contribution in [-0.2, 0) is 4.74 Å². The Bertz CT molecular complexity index is 149. The van der Waals surface area contributed by atoms with Gasteiger partial charge in [-0.2, -0.15) is 13.2 Å². The number of halogens is 3. The van der Waals surface area contributed by atoms with Gasteiger partial charge < -0.3 is 9.64 Å². The van der Waals surface area contributed by atoms with Crippen LogP contribution in [0.4, 0.5) is 13.2 Å². The number of hydrogen-bond acceptors (Lipinski definition) is 2. The molecule has 0 saturated carbocycles. The lowest BCUT2D eigenvalue weighted by molar-refractivity contribution is -0.249. The van der Waals surface area contributed by atoms with E-state index in [1.807, 2.05) is 0 Å². The molecule has 1 fully saturated rings. The third-order valence-electron chi connectivity index (χ3n) is 1.81. The Morgan fingerprint density at radius 2 is 1.92 bits per heavy atom. The molecule has 0 aliphatic carbocycles. The molecule has 2 nitrogen and oxygen atoms in total. The fraction of sp³-hybridized carbons (Fsp3) is 1.00. The van der Waals surface area contributed by atoms with E-state index in [4.69, 9.17) is 4.74 Å². The average molecular weight is 183 g/mol. The number of rotatable bonds is 0. The van der Waals surface area contributed by atoms with Crippen molar-refractivity contribution < 1.29 is 17.9 Å². The Labute approximate surface area is 69.3 Å². The first-order valence-corrected chi connectivity index (χ1v) is 3.80. The topological polar surface area (TPSA) is 12.5 Å². The van der Waals surface area contributed by atoms with E-state index in [0.717, 1.165) is 0 Å². The zero-order chi connectivity index (χ0) is 9.35. The van der Waals surface area contributed by atoms with Gasteiger partial charge in [-0.05, 0) is 14.0 Å². The van der Waals surface area contributed by atoms with E-state index >= 15 is 0 Å². The van der Waals surface area contributed by atoms with Crippen LogP contribution in [0.15, 0.2) is 0 Å². The fourth-order valence-electron chi connectivity index (χ4n) is 1.34. The van der Waals surface area contributed by atoms with Crippen molar-refractivity contribution in [2.24, 2.45) is 0 Å². The first-order chi connectivity index (χ1) is 5.39. The SMILES string of the molecule is C[C@@H]1CN(C)C[C@@H](C(F)(F)F)O1. The number of ether oxygens (including phenoxy) is 1. The van der Waals surface area contributed by atoms with Gasteiger partial charge in [0, 0.05) is 13.1 Å². The summed E-state index contributed by atoms with van der Waals surface area (Å²) in [7, 11) is 1.66. The maximum Gasteiger partial charge on any atom is 0.415 e. The summed E-state index contributed by atoms with van der Waals surface area (Å²) in [5.41, 5.74) is 0. The van der Waals surface area contributed by atoms with Gasteiger partial charge in [0.1, 0.15) is 0 Å². The van der Waals surface area contributed by atoms with Crippen LogP contribution in [0.1, 0.15) is 6.92 Å². The maximum absolute atomic E-state index is 12.1. The lowest BCUT2D eigenvalue weighted by Gasteiger charge is -2.35. The molecular weight excluding hydrogens is 171 g/mol. The molecule has 0 aromatic heterocycles. The highest BCUT2D eigenvalue weighted by molar-refractivity contribution is 4.78. The second-order valence-electron chi connectivity index (χ2n) is 3.20. The van der Waals surface area contributed by atoms with Gasteiger partial charge in [0.05, 0.1) is 6.10 Å². The van der Waals surface area contributed by atoms with Crippen LogP contribution in [0, 0.1) is 0 Å². The first kappa shape index (κ1) is 9.80. The number of morpholine rings is 1. The van der Waals surface area contributed by atoms with Gasteiger partial charge in [0.25, 0.3) is 0 Å². The Balaban J connectivity index is 2.55.